The van der Waals surface area contributed by atoms with Crippen LogP contribution in [-0.2, 0) is 21.8 Å². The Morgan fingerprint density at radius 3 is 2.23 bits per heavy atom. The molecule has 0 saturated heterocycles. The van der Waals surface area contributed by atoms with E-state index >= 15 is 0 Å². The molecule has 0 spiro atoms. The van der Waals surface area contributed by atoms with Crippen molar-refractivity contribution >= 4 is 44.6 Å². The molecule has 0 fully saturated rings. The first-order valence-electron chi connectivity index (χ1n) is 11.0. The summed E-state index contributed by atoms with van der Waals surface area (Å²) in [5.74, 6) is -3.01. The average molecular weight is 577 g/mol. The molecule has 0 aliphatic heterocycles. The third-order valence-corrected chi connectivity index (χ3v) is 5.83. The number of nitrogens with one attached hydrogen (secondary N) is 1. The number of benzene rings is 1. The van der Waals surface area contributed by atoms with E-state index < -0.39 is 35.4 Å². The second-order valence-corrected chi connectivity index (χ2v) is 11.9. The van der Waals surface area contributed by atoms with Gasteiger partial charge in [0.15, 0.2) is 5.13 Å². The molecule has 2 aromatic rings. The van der Waals surface area contributed by atoms with Crippen LogP contribution >= 0.6 is 27.3 Å². The molecule has 0 aliphatic carbocycles. The molecule has 11 heteroatoms. The topological polar surface area (TPSA) is 80.8 Å². The monoisotopic (exact) mass is 575 g/mol. The molecule has 0 radical (unpaired) electrons. The van der Waals surface area contributed by atoms with Gasteiger partial charge in [0.1, 0.15) is 11.2 Å². The summed E-state index contributed by atoms with van der Waals surface area (Å²) >= 11 is 4.47. The average Bonchev–Trinajstić information content (AvgIpc) is 3.16. The Hall–Kier alpha value is -2.27. The fourth-order valence-electron chi connectivity index (χ4n) is 3.08. The van der Waals surface area contributed by atoms with Crippen LogP contribution in [0.3, 0.4) is 0 Å². The van der Waals surface area contributed by atoms with E-state index in [2.05, 4.69) is 26.2 Å². The van der Waals surface area contributed by atoms with Crippen molar-refractivity contribution in [3.8, 4) is 0 Å². The van der Waals surface area contributed by atoms with Gasteiger partial charge in [-0.1, -0.05) is 28.1 Å². The van der Waals surface area contributed by atoms with E-state index in [1.807, 2.05) is 0 Å². The number of amides is 2. The minimum absolute atomic E-state index is 0.0188. The number of alkyl carbamates (subject to hydrolysis) is 1. The van der Waals surface area contributed by atoms with Gasteiger partial charge < -0.3 is 14.8 Å². The van der Waals surface area contributed by atoms with Crippen molar-refractivity contribution in [3.63, 3.8) is 0 Å². The maximum Gasteiger partial charge on any atom is 0.416 e. The quantitative estimate of drug-likeness (QED) is 0.388. The van der Waals surface area contributed by atoms with Crippen LogP contribution in [0.25, 0.3) is 0 Å². The lowest BCUT2D eigenvalue weighted by Crippen LogP contribution is -2.49. The van der Waals surface area contributed by atoms with Crippen LogP contribution in [0.5, 0.6) is 0 Å². The maximum absolute atomic E-state index is 13.8. The third kappa shape index (κ3) is 9.71. The smallest absolute Gasteiger partial charge is 0.416 e. The van der Waals surface area contributed by atoms with Crippen molar-refractivity contribution in [3.05, 3.63) is 45.4 Å². The van der Waals surface area contributed by atoms with Crippen molar-refractivity contribution in [2.24, 2.45) is 0 Å². The molecule has 0 aliphatic rings. The summed E-state index contributed by atoms with van der Waals surface area (Å²) in [7, 11) is 0. The van der Waals surface area contributed by atoms with Crippen LogP contribution in [0.4, 0.5) is 23.5 Å². The highest BCUT2D eigenvalue weighted by Crippen LogP contribution is 2.34. The fourth-order valence-corrected chi connectivity index (χ4v) is 4.49. The highest BCUT2D eigenvalue weighted by atomic mass is 79.9. The number of ether oxygens (including phenoxy) is 2. The van der Waals surface area contributed by atoms with E-state index in [9.17, 15) is 18.4 Å². The van der Waals surface area contributed by atoms with E-state index in [0.717, 1.165) is 6.92 Å². The summed E-state index contributed by atoms with van der Waals surface area (Å²) in [6, 6.07) is 3.86. The van der Waals surface area contributed by atoms with E-state index in [-0.39, 0.29) is 23.0 Å². The molecule has 7 nitrogen and oxygen atoms in total. The first kappa shape index (κ1) is 29.0. The van der Waals surface area contributed by atoms with Crippen LogP contribution in [0.15, 0.2) is 34.2 Å². The molecule has 1 atom stereocenters. The number of carbonyl (C=O) groups excluding carboxylic acids is 2. The molecule has 35 heavy (non-hydrogen) atoms. The summed E-state index contributed by atoms with van der Waals surface area (Å²) in [6.45, 7) is 11.3. The Morgan fingerprint density at radius 2 is 1.74 bits per heavy atom. The fraction of sp³-hybridized carbons (Fsp3) is 0.542. The van der Waals surface area contributed by atoms with Crippen LogP contribution in [0.1, 0.15) is 59.6 Å². The number of hydrogen-bond acceptors (Lipinski definition) is 6. The molecule has 0 unspecified atom stereocenters. The molecule has 1 aromatic heterocycles. The predicted octanol–water partition coefficient (Wildman–Crippen LogP) is 6.89. The van der Waals surface area contributed by atoms with Crippen molar-refractivity contribution in [2.45, 2.75) is 78.1 Å². The first-order valence-corrected chi connectivity index (χ1v) is 12.7. The van der Waals surface area contributed by atoms with E-state index in [4.69, 9.17) is 9.47 Å². The van der Waals surface area contributed by atoms with E-state index in [1.165, 1.54) is 22.3 Å². The minimum atomic E-state index is -3.01. The predicted molar refractivity (Wildman–Crippen MR) is 136 cm³/mol. The zero-order valence-electron chi connectivity index (χ0n) is 20.9. The minimum Gasteiger partial charge on any atom is -0.444 e. The van der Waals surface area contributed by atoms with Gasteiger partial charge in [-0.3, -0.25) is 4.90 Å². The second kappa shape index (κ2) is 11.2. The molecule has 1 N–H and O–H groups in total. The standard InChI is InChI=1S/C24H32BrF2N3O4S/c1-22(2,3)33-20(31)29-16(12-15-8-9-17(18(25)13-15)24(7,26)27)14-30(19-28-10-11-35-19)21(32)34-23(4,5)6/h8-11,13,16H,12,14H2,1-7H3,(H,29,31)/t16-/m0/s1. The number of anilines is 1. The second-order valence-electron chi connectivity index (χ2n) is 10.2. The van der Waals surface area contributed by atoms with Gasteiger partial charge in [-0.05, 0) is 59.6 Å². The van der Waals surface area contributed by atoms with Gasteiger partial charge in [0.25, 0.3) is 5.92 Å². The highest BCUT2D eigenvalue weighted by molar-refractivity contribution is 9.10. The van der Waals surface area contributed by atoms with Gasteiger partial charge in [-0.15, -0.1) is 11.3 Å². The van der Waals surface area contributed by atoms with Crippen LogP contribution < -0.4 is 10.2 Å². The highest BCUT2D eigenvalue weighted by Gasteiger charge is 2.30. The molecule has 2 rings (SSSR count). The van der Waals surface area contributed by atoms with E-state index in [0.29, 0.717) is 10.7 Å². The summed E-state index contributed by atoms with van der Waals surface area (Å²) in [5.41, 5.74) is -0.941. The molecular weight excluding hydrogens is 544 g/mol. The maximum atomic E-state index is 13.8. The number of halogens is 3. The molecular formula is C24H32BrF2N3O4S. The summed E-state index contributed by atoms with van der Waals surface area (Å²) in [6.07, 6.45) is 0.513. The number of nitrogens with zero attached hydrogens (tertiary/aromatic N) is 2. The van der Waals surface area contributed by atoms with Gasteiger partial charge in [0.2, 0.25) is 0 Å². The Labute approximate surface area is 217 Å². The summed E-state index contributed by atoms with van der Waals surface area (Å²) in [4.78, 5) is 31.2. The lowest BCUT2D eigenvalue weighted by molar-refractivity contribution is 0.0166. The number of hydrogen-bond donors (Lipinski definition) is 1. The zero-order chi connectivity index (χ0) is 26.6. The van der Waals surface area contributed by atoms with Crippen LogP contribution in [0, 0.1) is 0 Å². The van der Waals surface area contributed by atoms with Crippen molar-refractivity contribution < 1.29 is 27.8 Å². The SMILES string of the molecule is CC(C)(C)OC(=O)N[C@@H](Cc1ccc(C(C)(F)F)c(Br)c1)CN(C(=O)OC(C)(C)C)c1nccs1. The van der Waals surface area contributed by atoms with Crippen LogP contribution in [0.2, 0.25) is 0 Å². The number of thiazole rings is 1. The molecule has 1 heterocycles. The number of rotatable bonds is 7. The Bertz CT molecular complexity index is 1020. The normalized spacial score (nSPS) is 13.2. The Morgan fingerprint density at radius 1 is 1.11 bits per heavy atom. The van der Waals surface area contributed by atoms with Crippen molar-refractivity contribution in [1.29, 1.82) is 0 Å². The molecule has 194 valence electrons. The summed E-state index contributed by atoms with van der Waals surface area (Å²) in [5, 5.41) is 4.93. The number of carbonyl (C=O) groups is 2. The van der Waals surface area contributed by atoms with Gasteiger partial charge in [0.05, 0.1) is 12.6 Å². The zero-order valence-corrected chi connectivity index (χ0v) is 23.4. The molecule has 0 saturated carbocycles. The van der Waals surface area contributed by atoms with Crippen LogP contribution in [-0.4, -0.2) is 41.0 Å². The van der Waals surface area contributed by atoms with Crippen molar-refractivity contribution in [2.75, 3.05) is 11.4 Å². The third-order valence-electron chi connectivity index (χ3n) is 4.38. The van der Waals surface area contributed by atoms with Gasteiger partial charge in [-0.25, -0.2) is 23.4 Å². The molecule has 2 amide bonds. The first-order chi connectivity index (χ1) is 15.9. The van der Waals surface area contributed by atoms with Gasteiger partial charge in [-0.2, -0.15) is 0 Å². The van der Waals surface area contributed by atoms with Gasteiger partial charge in [0, 0.05) is 28.5 Å². The Balaban J connectivity index is 2.36. The number of alkyl halides is 2. The molecule has 0 bridgehead atoms. The largest absolute Gasteiger partial charge is 0.444 e. The summed E-state index contributed by atoms with van der Waals surface area (Å²) < 4.78 is 38.9. The van der Waals surface area contributed by atoms with Gasteiger partial charge >= 0.3 is 12.2 Å². The Kier molecular flexibility index (Phi) is 9.27. The lowest BCUT2D eigenvalue weighted by Gasteiger charge is -2.30. The number of aromatic nitrogens is 1. The van der Waals surface area contributed by atoms with E-state index in [1.54, 1.807) is 65.3 Å². The van der Waals surface area contributed by atoms with Crippen molar-refractivity contribution in [1.82, 2.24) is 10.3 Å². The lowest BCUT2D eigenvalue weighted by atomic mass is 10.0. The molecule has 1 aromatic carbocycles.